The van der Waals surface area contributed by atoms with Crippen molar-refractivity contribution >= 4 is 93.4 Å². The van der Waals surface area contributed by atoms with Crippen LogP contribution in [0.15, 0.2) is 117 Å². The van der Waals surface area contributed by atoms with Gasteiger partial charge in [-0.1, -0.05) is 32.1 Å². The van der Waals surface area contributed by atoms with Crippen molar-refractivity contribution in [2.45, 2.75) is 143 Å². The molecule has 0 spiro atoms. The first kappa shape index (κ1) is 71.2. The van der Waals surface area contributed by atoms with Gasteiger partial charge in [0.2, 0.25) is 11.6 Å². The number of carboxylic acid groups (broad SMARTS) is 4. The van der Waals surface area contributed by atoms with Crippen molar-refractivity contribution in [3.8, 4) is 5.75 Å². The minimum atomic E-state index is -4.65. The summed E-state index contributed by atoms with van der Waals surface area (Å²) in [5.74, 6) is -7.34. The van der Waals surface area contributed by atoms with Gasteiger partial charge in [-0.3, -0.25) is 27.8 Å². The number of hydrogen-bond acceptors (Lipinski definition) is 16. The maximum absolute atomic E-state index is 13.1. The van der Waals surface area contributed by atoms with E-state index < -0.39 is 142 Å². The molecule has 3 aromatic rings. The van der Waals surface area contributed by atoms with Crippen LogP contribution in [-0.4, -0.2) is 161 Å². The summed E-state index contributed by atoms with van der Waals surface area (Å²) in [6.45, 7) is 7.79. The third-order valence-corrected chi connectivity index (χ3v) is 18.8. The fourth-order valence-electron chi connectivity index (χ4n) is 10.9. The number of ether oxygens (including phenoxy) is 1. The number of fused-ring (bicyclic) bond motifs is 2. The van der Waals surface area contributed by atoms with E-state index in [0.717, 1.165) is 0 Å². The monoisotopic (exact) mass is 1330 g/mol. The Morgan fingerprint density at radius 3 is 1.74 bits per heavy atom. The van der Waals surface area contributed by atoms with Gasteiger partial charge >= 0.3 is 29.9 Å². The molecule has 3 amide bonds. The molecule has 11 N–H and O–H groups in total. The highest BCUT2D eigenvalue weighted by molar-refractivity contribution is 7.86. The Hall–Kier alpha value is -7.85. The summed E-state index contributed by atoms with van der Waals surface area (Å²) in [4.78, 5) is 73.7. The number of hydrogen-bond donors (Lipinski definition) is 11. The second kappa shape index (κ2) is 29.0. The molecule has 3 aromatic carbocycles. The number of carbonyl (C=O) groups is 6. The van der Waals surface area contributed by atoms with Crippen LogP contribution in [0, 0.1) is 0 Å². The van der Waals surface area contributed by atoms with E-state index in [9.17, 15) is 96.0 Å². The predicted molar refractivity (Wildman–Crippen MR) is 324 cm³/mol. The molecule has 6 rings (SSSR count). The normalized spacial score (nSPS) is 17.6. The lowest BCUT2D eigenvalue weighted by Gasteiger charge is -2.27. The summed E-state index contributed by atoms with van der Waals surface area (Å²) < 4.78 is 144. The molecule has 0 radical (unpaired) electrons. The number of urea groups is 1. The third kappa shape index (κ3) is 19.1. The van der Waals surface area contributed by atoms with Crippen LogP contribution < -0.4 is 25.6 Å². The van der Waals surface area contributed by atoms with Gasteiger partial charge in [-0.25, -0.2) is 19.2 Å². The highest BCUT2D eigenvalue weighted by Crippen LogP contribution is 2.49. The van der Waals surface area contributed by atoms with E-state index >= 15 is 0 Å². The smallest absolute Gasteiger partial charge is 0.326 e. The van der Waals surface area contributed by atoms with Crippen molar-refractivity contribution in [3.63, 3.8) is 0 Å². The van der Waals surface area contributed by atoms with Crippen molar-refractivity contribution in [2.75, 3.05) is 29.5 Å². The number of nitrogens with one attached hydrogen (secondary N) is 3. The van der Waals surface area contributed by atoms with Gasteiger partial charge in [0, 0.05) is 66.7 Å². The molecule has 28 nitrogen and oxygen atoms in total. The van der Waals surface area contributed by atoms with Gasteiger partial charge < -0.3 is 46.0 Å². The average molecular weight is 1340 g/mol. The number of aliphatic carboxylic acids is 4. The van der Waals surface area contributed by atoms with Crippen molar-refractivity contribution in [2.24, 2.45) is 0 Å². The van der Waals surface area contributed by atoms with Gasteiger partial charge in [0.15, 0.2) is 5.71 Å². The summed E-state index contributed by atoms with van der Waals surface area (Å²) in [6.07, 6.45) is 6.74. The van der Waals surface area contributed by atoms with Crippen LogP contribution in [0.3, 0.4) is 0 Å². The summed E-state index contributed by atoms with van der Waals surface area (Å²) in [7, 11) is -17.9. The van der Waals surface area contributed by atoms with Crippen LogP contribution in [0.4, 0.5) is 16.2 Å². The summed E-state index contributed by atoms with van der Waals surface area (Å²) >= 11 is 0. The first-order valence-electron chi connectivity index (χ1n) is 28.2. The quantitative estimate of drug-likeness (QED) is 0.0214. The Morgan fingerprint density at radius 1 is 0.633 bits per heavy atom. The minimum Gasteiger partial charge on any atom is -0.481 e. The highest BCUT2D eigenvalue weighted by atomic mass is 32.2. The zero-order chi connectivity index (χ0) is 66.9. The van der Waals surface area contributed by atoms with Crippen molar-refractivity contribution in [1.82, 2.24) is 16.0 Å². The second-order valence-corrected chi connectivity index (χ2v) is 28.8. The Bertz CT molecular complexity index is 3950. The van der Waals surface area contributed by atoms with Crippen LogP contribution in [-0.2, 0) is 81.7 Å². The number of nitrogens with zero attached hydrogens (tertiary/aromatic N) is 2. The maximum Gasteiger partial charge on any atom is 0.326 e. The molecule has 2 heterocycles. The lowest BCUT2D eigenvalue weighted by molar-refractivity contribution is -0.438. The maximum atomic E-state index is 13.1. The van der Waals surface area contributed by atoms with E-state index in [0.29, 0.717) is 75.6 Å². The second-order valence-electron chi connectivity index (χ2n) is 22.8. The highest BCUT2D eigenvalue weighted by Gasteiger charge is 2.45. The minimum absolute atomic E-state index is 0.0746. The lowest BCUT2D eigenvalue weighted by Crippen LogP contribution is -2.51. The van der Waals surface area contributed by atoms with Crippen molar-refractivity contribution in [1.29, 1.82) is 0 Å². The van der Waals surface area contributed by atoms with E-state index in [1.54, 1.807) is 24.3 Å². The molecule has 0 fully saturated rings. The number of anilines is 1. The van der Waals surface area contributed by atoms with Crippen LogP contribution >= 0.6 is 0 Å². The number of carbonyl (C=O) groups excluding carboxylic acids is 2. The fraction of sp³-hybridized carbons (Fsp3) is 0.431. The molecule has 1 aliphatic carbocycles. The van der Waals surface area contributed by atoms with Gasteiger partial charge in [-0.2, -0.15) is 38.2 Å². The van der Waals surface area contributed by atoms with Crippen LogP contribution in [0.2, 0.25) is 0 Å². The Labute approximate surface area is 520 Å². The summed E-state index contributed by atoms with van der Waals surface area (Å²) in [6, 6.07) is 8.17. The fourth-order valence-corrected chi connectivity index (χ4v) is 13.0. The molecule has 0 aromatic heterocycles. The molecule has 2 aliphatic heterocycles. The Morgan fingerprint density at radius 2 is 1.19 bits per heavy atom. The Kier molecular flexibility index (Phi) is 22.9. The number of amides is 3. The van der Waals surface area contributed by atoms with Crippen molar-refractivity contribution in [3.05, 3.63) is 124 Å². The van der Waals surface area contributed by atoms with Gasteiger partial charge in [0.05, 0.1) is 26.7 Å². The molecule has 0 unspecified atom stereocenters. The Balaban J connectivity index is 1.36. The van der Waals surface area contributed by atoms with E-state index in [2.05, 4.69) is 5.32 Å². The zero-order valence-corrected chi connectivity index (χ0v) is 52.6. The van der Waals surface area contributed by atoms with Crippen molar-refractivity contribution < 1.29 is 110 Å². The molecule has 0 saturated heterocycles. The van der Waals surface area contributed by atoms with E-state index in [-0.39, 0.29) is 60.7 Å². The number of benzene rings is 3. The molecule has 90 heavy (non-hydrogen) atoms. The largest absolute Gasteiger partial charge is 0.481 e. The van der Waals surface area contributed by atoms with Gasteiger partial charge in [-0.05, 0) is 142 Å². The number of rotatable bonds is 31. The first-order chi connectivity index (χ1) is 41.8. The number of allylic oxidation sites excluding steroid dienone is 7. The molecule has 490 valence electrons. The molecule has 3 aliphatic rings. The van der Waals surface area contributed by atoms with Crippen LogP contribution in [0.5, 0.6) is 5.75 Å². The van der Waals surface area contributed by atoms with Crippen LogP contribution in [0.25, 0.3) is 0 Å². The average Bonchev–Trinajstić information content (AvgIpc) is 1.63. The van der Waals surface area contributed by atoms with E-state index in [1.165, 1.54) is 36.4 Å². The zero-order valence-electron chi connectivity index (χ0n) is 49.4. The molecular formula is C58H72N5O23S4+. The number of carboxylic acids is 4. The molecule has 3 atom stereocenters. The molecule has 0 bridgehead atoms. The van der Waals surface area contributed by atoms with Gasteiger partial charge in [0.25, 0.3) is 40.5 Å². The van der Waals surface area contributed by atoms with Gasteiger partial charge in [-0.15, -0.1) is 0 Å². The summed E-state index contributed by atoms with van der Waals surface area (Å²) in [5, 5.41) is 44.5. The lowest BCUT2D eigenvalue weighted by atomic mass is 9.81. The number of unbranched alkanes of at least 4 members (excludes halogenated alkanes) is 2. The van der Waals surface area contributed by atoms with E-state index in [1.807, 2.05) is 72.1 Å². The molecular weight excluding hydrogens is 1260 g/mol. The third-order valence-electron chi connectivity index (χ3n) is 15.5. The first-order valence-corrected chi connectivity index (χ1v) is 34.3. The summed E-state index contributed by atoms with van der Waals surface area (Å²) in [5.41, 5.74) is 3.24. The SMILES string of the molecule is CC1(C)C(/C=C/C2=C(Oc3ccc(C[C@H](NC(=O)CC[C@H](NC(=O)N[C@@H](CCC(=O)O)C(=O)O)C(=O)O)C(=O)O)cc3)C(=C/C=C3/N(CCCCS(=O)(=O)O)c4ccc(S(=O)(=O)O)cc4C3(C)C)/CCC2)=[N+](CCCCS(=O)(=O)O)c2ccc(S(=O)(=O)O)cc21. The van der Waals surface area contributed by atoms with Crippen LogP contribution in [0.1, 0.15) is 115 Å². The topological polar surface area (TPSA) is 452 Å². The van der Waals surface area contributed by atoms with E-state index in [4.69, 9.17) is 9.84 Å². The predicted octanol–water partition coefficient (Wildman–Crippen LogP) is 5.54. The standard InChI is InChI=1S/C58H71N5O23S4/c1-57(2)41-33-39(89(80,81)82)18-22-46(41)62(28-5-7-30-87(74,75)76)48(57)24-14-36-10-9-11-37(15-25-49-58(3,4)42-34-40(90(83,84)85)19-23-47(42)63(49)29-6-8-31-88(77,78)79)52(36)86-38-16-12-35(13-17-38)32-45(55(71)72)59-50(64)26-20-43(53(67)68)60-56(73)61-44(54(69)70)21-27-51(65)66/h12-19,22-25,33-34,43-45H,5-11,20-21,26-32H2,1-4H3,(H10-,59,60,61,64,65,66,67,68,69,70,71,72,73,74,75,76,77,78,79,80,81,82,83,84,85)/p+1/t43-,44-,45-/m0/s1. The molecule has 0 saturated carbocycles. The van der Waals surface area contributed by atoms with Gasteiger partial charge in [0.1, 0.15) is 36.2 Å². The molecule has 32 heteroatoms.